The first-order valence-corrected chi connectivity index (χ1v) is 21.5. The second kappa shape index (κ2) is 12.2. The Bertz CT molecular complexity index is 3190. The molecule has 0 radical (unpaired) electrons. The van der Waals surface area contributed by atoms with Gasteiger partial charge in [0.2, 0.25) is 0 Å². The molecule has 0 amide bonds. The second-order valence-electron chi connectivity index (χ2n) is 19.0. The van der Waals surface area contributed by atoms with E-state index in [-0.39, 0.29) is 16.2 Å². The average molecular weight is 770 g/mol. The fourth-order valence-electron chi connectivity index (χ4n) is 11.3. The van der Waals surface area contributed by atoms with Gasteiger partial charge in [-0.15, -0.1) is 0 Å². The zero-order valence-corrected chi connectivity index (χ0v) is 35.2. The van der Waals surface area contributed by atoms with Gasteiger partial charge in [0.25, 0.3) is 0 Å². The number of benzene rings is 9. The Morgan fingerprint density at radius 3 is 1.13 bits per heavy atom. The van der Waals surface area contributed by atoms with Crippen molar-refractivity contribution < 1.29 is 0 Å². The highest BCUT2D eigenvalue weighted by Crippen LogP contribution is 2.55. The van der Waals surface area contributed by atoms with E-state index in [9.17, 15) is 0 Å². The first-order chi connectivity index (χ1) is 29.0. The molecular weight excluding hydrogens is 723 g/mol. The number of nitrogens with zero attached hydrogens (tertiary/aromatic N) is 1. The van der Waals surface area contributed by atoms with Crippen LogP contribution in [0, 0.1) is 0 Å². The molecule has 9 aromatic rings. The van der Waals surface area contributed by atoms with Crippen molar-refractivity contribution in [1.82, 2.24) is 0 Å². The molecule has 0 aromatic heterocycles. The molecule has 1 nitrogen and oxygen atoms in total. The Labute approximate surface area is 353 Å². The Morgan fingerprint density at radius 1 is 0.267 bits per heavy atom. The molecule has 1 heteroatoms. The molecule has 0 heterocycles. The Morgan fingerprint density at radius 2 is 0.617 bits per heavy atom. The van der Waals surface area contributed by atoms with Crippen LogP contribution >= 0.6 is 0 Å². The van der Waals surface area contributed by atoms with Gasteiger partial charge in [0.15, 0.2) is 0 Å². The minimum absolute atomic E-state index is 0.104. The van der Waals surface area contributed by atoms with Gasteiger partial charge in [0.1, 0.15) is 0 Å². The van der Waals surface area contributed by atoms with Crippen molar-refractivity contribution >= 4 is 38.6 Å². The Balaban J connectivity index is 0.988. The van der Waals surface area contributed by atoms with Crippen LogP contribution in [0.2, 0.25) is 0 Å². The van der Waals surface area contributed by atoms with Crippen LogP contribution in [-0.4, -0.2) is 0 Å². The van der Waals surface area contributed by atoms with E-state index >= 15 is 0 Å². The van der Waals surface area contributed by atoms with Gasteiger partial charge in [-0.2, -0.15) is 0 Å². The molecule has 60 heavy (non-hydrogen) atoms. The standard InChI is InChI=1S/C59H47N/c1-57(2)51-17-11-9-15-45(51)48-26-22-42(33-54(48)57)60(43-23-27-49-46-16-10-12-18-52(46)58(3,4)55(49)34-43)44-24-28-50-47-25-21-40(32-53(47)59(5,6)56(50)35-44)38-19-20-39-29-36-13-7-8-14-37(36)30-41(39)31-38/h7-35H,1-6H3. The predicted molar refractivity (Wildman–Crippen MR) is 254 cm³/mol. The summed E-state index contributed by atoms with van der Waals surface area (Å²) in [5, 5.41) is 5.11. The van der Waals surface area contributed by atoms with Gasteiger partial charge < -0.3 is 4.90 Å². The van der Waals surface area contributed by atoms with Crippen LogP contribution < -0.4 is 4.90 Å². The highest BCUT2D eigenvalue weighted by atomic mass is 15.1. The summed E-state index contributed by atoms with van der Waals surface area (Å²) < 4.78 is 0. The summed E-state index contributed by atoms with van der Waals surface area (Å²) in [6, 6.07) is 66.8. The highest BCUT2D eigenvalue weighted by molar-refractivity contribution is 6.00. The summed E-state index contributed by atoms with van der Waals surface area (Å²) in [7, 11) is 0. The quantitative estimate of drug-likeness (QED) is 0.161. The summed E-state index contributed by atoms with van der Waals surface area (Å²) in [5.41, 5.74) is 22.0. The normalized spacial score (nSPS) is 15.6. The van der Waals surface area contributed by atoms with Crippen molar-refractivity contribution in [3.8, 4) is 44.5 Å². The number of anilines is 3. The lowest BCUT2D eigenvalue weighted by Crippen LogP contribution is -2.19. The molecule has 0 saturated carbocycles. The van der Waals surface area contributed by atoms with E-state index in [1.807, 2.05) is 0 Å². The molecular formula is C59H47N. The first kappa shape index (κ1) is 35.3. The summed E-state index contributed by atoms with van der Waals surface area (Å²) in [5.74, 6) is 0. The zero-order chi connectivity index (χ0) is 40.7. The van der Waals surface area contributed by atoms with Crippen LogP contribution in [-0.2, 0) is 16.2 Å². The molecule has 288 valence electrons. The van der Waals surface area contributed by atoms with Crippen molar-refractivity contribution in [3.05, 3.63) is 209 Å². The van der Waals surface area contributed by atoms with E-state index in [2.05, 4.69) is 222 Å². The van der Waals surface area contributed by atoms with E-state index in [1.54, 1.807) is 0 Å². The average Bonchev–Trinajstić information content (AvgIpc) is 3.74. The SMILES string of the molecule is CC1(C)c2ccccc2-c2ccc(N(c3ccc4c(c3)C(C)(C)c3ccccc3-4)c3ccc4c(c3)C(C)(C)c3cc(-c5ccc6cc7ccccc7cc6c5)ccc3-4)cc21. The molecule has 3 aliphatic carbocycles. The third kappa shape index (κ3) is 4.87. The van der Waals surface area contributed by atoms with Gasteiger partial charge in [-0.1, -0.05) is 157 Å². The molecule has 0 bridgehead atoms. The maximum absolute atomic E-state index is 2.52. The van der Waals surface area contributed by atoms with E-state index in [4.69, 9.17) is 0 Å². The lowest BCUT2D eigenvalue weighted by atomic mass is 9.81. The minimum Gasteiger partial charge on any atom is -0.310 e. The molecule has 0 unspecified atom stereocenters. The summed E-state index contributed by atoms with van der Waals surface area (Å²) in [4.78, 5) is 2.52. The van der Waals surface area contributed by atoms with E-state index < -0.39 is 0 Å². The molecule has 12 rings (SSSR count). The number of hydrogen-bond acceptors (Lipinski definition) is 1. The molecule has 0 aliphatic heterocycles. The van der Waals surface area contributed by atoms with Crippen LogP contribution in [0.1, 0.15) is 74.9 Å². The van der Waals surface area contributed by atoms with Gasteiger partial charge in [0.05, 0.1) is 0 Å². The van der Waals surface area contributed by atoms with E-state index in [0.717, 1.165) is 0 Å². The third-order valence-corrected chi connectivity index (χ3v) is 14.6. The van der Waals surface area contributed by atoms with Crippen molar-refractivity contribution in [2.75, 3.05) is 4.90 Å². The summed E-state index contributed by atoms with van der Waals surface area (Å²) >= 11 is 0. The largest absolute Gasteiger partial charge is 0.310 e. The molecule has 0 spiro atoms. The minimum atomic E-state index is -0.196. The van der Waals surface area contributed by atoms with Gasteiger partial charge in [-0.25, -0.2) is 0 Å². The second-order valence-corrected chi connectivity index (χ2v) is 19.0. The fraction of sp³-hybridized carbons (Fsp3) is 0.153. The monoisotopic (exact) mass is 769 g/mol. The summed E-state index contributed by atoms with van der Waals surface area (Å²) in [6.07, 6.45) is 0. The first-order valence-electron chi connectivity index (χ1n) is 21.5. The molecule has 0 fully saturated rings. The van der Waals surface area contributed by atoms with Crippen LogP contribution in [0.15, 0.2) is 176 Å². The van der Waals surface area contributed by atoms with Gasteiger partial charge >= 0.3 is 0 Å². The molecule has 0 saturated heterocycles. The summed E-state index contributed by atoms with van der Waals surface area (Å²) in [6.45, 7) is 14.3. The zero-order valence-electron chi connectivity index (χ0n) is 35.2. The van der Waals surface area contributed by atoms with Gasteiger partial charge in [-0.05, 0) is 160 Å². The van der Waals surface area contributed by atoms with Crippen LogP contribution in [0.4, 0.5) is 17.1 Å². The Hall–Kier alpha value is -6.70. The van der Waals surface area contributed by atoms with E-state index in [0.29, 0.717) is 0 Å². The van der Waals surface area contributed by atoms with Crippen LogP contribution in [0.5, 0.6) is 0 Å². The maximum atomic E-state index is 2.52. The third-order valence-electron chi connectivity index (χ3n) is 14.6. The van der Waals surface area contributed by atoms with Crippen molar-refractivity contribution in [2.45, 2.75) is 57.8 Å². The Kier molecular flexibility index (Phi) is 7.16. The maximum Gasteiger partial charge on any atom is 0.0465 e. The lowest BCUT2D eigenvalue weighted by molar-refractivity contribution is 0.659. The number of hydrogen-bond donors (Lipinski definition) is 0. The van der Waals surface area contributed by atoms with Crippen molar-refractivity contribution in [1.29, 1.82) is 0 Å². The molecule has 0 N–H and O–H groups in total. The molecule has 0 atom stereocenters. The van der Waals surface area contributed by atoms with Crippen LogP contribution in [0.3, 0.4) is 0 Å². The topological polar surface area (TPSA) is 3.24 Å². The van der Waals surface area contributed by atoms with Crippen molar-refractivity contribution in [2.24, 2.45) is 0 Å². The van der Waals surface area contributed by atoms with Gasteiger partial charge in [0, 0.05) is 33.3 Å². The molecule has 3 aliphatic rings. The lowest BCUT2D eigenvalue weighted by Gasteiger charge is -2.31. The van der Waals surface area contributed by atoms with Crippen molar-refractivity contribution in [3.63, 3.8) is 0 Å². The fourth-order valence-corrected chi connectivity index (χ4v) is 11.3. The highest BCUT2D eigenvalue weighted by Gasteiger charge is 2.39. The van der Waals surface area contributed by atoms with E-state index in [1.165, 1.54) is 116 Å². The molecule has 9 aromatic carbocycles. The van der Waals surface area contributed by atoms with Gasteiger partial charge in [-0.3, -0.25) is 0 Å². The number of rotatable bonds is 4. The predicted octanol–water partition coefficient (Wildman–Crippen LogP) is 16.0. The number of fused-ring (bicyclic) bond motifs is 11. The smallest absolute Gasteiger partial charge is 0.0465 e. The van der Waals surface area contributed by atoms with Crippen LogP contribution in [0.25, 0.3) is 66.1 Å².